The Balaban J connectivity index is 2.02. The molecular weight excluding hydrogens is 318 g/mol. The number of hydrogen-bond acceptors (Lipinski definition) is 3. The first kappa shape index (κ1) is 17.5. The second-order valence-corrected chi connectivity index (χ2v) is 5.25. The van der Waals surface area contributed by atoms with Crippen molar-refractivity contribution in [2.75, 3.05) is 19.8 Å². The molecule has 4 nitrogen and oxygen atoms in total. The third-order valence-electron chi connectivity index (χ3n) is 3.44. The molecule has 1 aromatic carbocycles. The SMILES string of the molecule is O=C(NC[C@H]1CCCOC1)c1ccccc1OC(F)(F)C(F)F. The van der Waals surface area contributed by atoms with Crippen LogP contribution in [0.3, 0.4) is 0 Å². The molecule has 0 unspecified atom stereocenters. The molecule has 1 saturated heterocycles. The molecule has 1 atom stereocenters. The van der Waals surface area contributed by atoms with E-state index in [4.69, 9.17) is 4.74 Å². The van der Waals surface area contributed by atoms with E-state index in [1.165, 1.54) is 18.2 Å². The van der Waals surface area contributed by atoms with Gasteiger partial charge in [0, 0.05) is 13.2 Å². The van der Waals surface area contributed by atoms with Gasteiger partial charge < -0.3 is 14.8 Å². The predicted molar refractivity (Wildman–Crippen MR) is 73.9 cm³/mol. The van der Waals surface area contributed by atoms with E-state index in [2.05, 4.69) is 10.1 Å². The minimum Gasteiger partial charge on any atom is -0.427 e. The summed E-state index contributed by atoms with van der Waals surface area (Å²) in [7, 11) is 0. The standard InChI is InChI=1S/C15H17F4NO3/c16-14(17)15(18,19)23-12-6-2-1-5-11(12)13(21)20-8-10-4-3-7-22-9-10/h1-2,5-6,10,14H,3-4,7-9H2,(H,20,21)/t10-/m1/s1. The van der Waals surface area contributed by atoms with Gasteiger partial charge in [-0.2, -0.15) is 17.6 Å². The molecule has 8 heteroatoms. The van der Waals surface area contributed by atoms with E-state index in [1.807, 2.05) is 0 Å². The van der Waals surface area contributed by atoms with Crippen molar-refractivity contribution in [2.24, 2.45) is 5.92 Å². The van der Waals surface area contributed by atoms with Gasteiger partial charge in [0.2, 0.25) is 0 Å². The van der Waals surface area contributed by atoms with Gasteiger partial charge in [0.15, 0.2) is 0 Å². The van der Waals surface area contributed by atoms with Crippen LogP contribution in [0, 0.1) is 5.92 Å². The van der Waals surface area contributed by atoms with Gasteiger partial charge in [0.05, 0.1) is 12.2 Å². The molecule has 1 aliphatic rings. The summed E-state index contributed by atoms with van der Waals surface area (Å²) in [5.41, 5.74) is -0.218. The van der Waals surface area contributed by atoms with Crippen LogP contribution in [0.15, 0.2) is 24.3 Å². The van der Waals surface area contributed by atoms with Crippen molar-refractivity contribution < 1.29 is 31.8 Å². The third-order valence-corrected chi connectivity index (χ3v) is 3.44. The highest BCUT2D eigenvalue weighted by atomic mass is 19.3. The van der Waals surface area contributed by atoms with Crippen LogP contribution in [-0.2, 0) is 4.74 Å². The van der Waals surface area contributed by atoms with Gasteiger partial charge in [0.1, 0.15) is 5.75 Å². The number of halogens is 4. The fraction of sp³-hybridized carbons (Fsp3) is 0.533. The number of ether oxygens (including phenoxy) is 2. The summed E-state index contributed by atoms with van der Waals surface area (Å²) in [5.74, 6) is -1.10. The molecule has 128 valence electrons. The first-order valence-corrected chi connectivity index (χ1v) is 7.20. The molecule has 0 aromatic heterocycles. The predicted octanol–water partition coefficient (Wildman–Crippen LogP) is 3.08. The third kappa shape index (κ3) is 4.82. The number of alkyl halides is 4. The summed E-state index contributed by atoms with van der Waals surface area (Å²) >= 11 is 0. The Kier molecular flexibility index (Phi) is 5.81. The fourth-order valence-corrected chi connectivity index (χ4v) is 2.24. The van der Waals surface area contributed by atoms with Gasteiger partial charge in [-0.1, -0.05) is 12.1 Å². The van der Waals surface area contributed by atoms with Crippen molar-refractivity contribution in [3.8, 4) is 5.75 Å². The maximum absolute atomic E-state index is 13.0. The van der Waals surface area contributed by atoms with E-state index in [9.17, 15) is 22.4 Å². The number of nitrogens with one attached hydrogen (secondary N) is 1. The van der Waals surface area contributed by atoms with Crippen LogP contribution in [0.4, 0.5) is 17.6 Å². The largest absolute Gasteiger partial charge is 0.461 e. The number of carbonyl (C=O) groups excluding carboxylic acids is 1. The molecule has 0 saturated carbocycles. The van der Waals surface area contributed by atoms with Crippen molar-refractivity contribution in [1.29, 1.82) is 0 Å². The maximum Gasteiger partial charge on any atom is 0.461 e. The Morgan fingerprint density at radius 2 is 2.13 bits per heavy atom. The molecule has 1 aromatic rings. The summed E-state index contributed by atoms with van der Waals surface area (Å²) in [6.45, 7) is 1.52. The van der Waals surface area contributed by atoms with Crippen molar-refractivity contribution in [3.05, 3.63) is 29.8 Å². The van der Waals surface area contributed by atoms with Gasteiger partial charge in [-0.15, -0.1) is 0 Å². The number of benzene rings is 1. The smallest absolute Gasteiger partial charge is 0.427 e. The zero-order valence-electron chi connectivity index (χ0n) is 12.2. The van der Waals surface area contributed by atoms with E-state index in [-0.39, 0.29) is 11.5 Å². The van der Waals surface area contributed by atoms with Gasteiger partial charge in [-0.3, -0.25) is 4.79 Å². The van der Waals surface area contributed by atoms with Crippen LogP contribution < -0.4 is 10.1 Å². The number of carbonyl (C=O) groups is 1. The van der Waals surface area contributed by atoms with Gasteiger partial charge >= 0.3 is 12.5 Å². The highest BCUT2D eigenvalue weighted by Crippen LogP contribution is 2.29. The Hall–Kier alpha value is -1.83. The molecule has 0 spiro atoms. The van der Waals surface area contributed by atoms with E-state index in [0.29, 0.717) is 19.8 Å². The molecule has 1 heterocycles. The minimum absolute atomic E-state index is 0.142. The van der Waals surface area contributed by atoms with Crippen LogP contribution >= 0.6 is 0 Å². The van der Waals surface area contributed by atoms with E-state index < -0.39 is 24.2 Å². The van der Waals surface area contributed by atoms with E-state index in [0.717, 1.165) is 18.9 Å². The van der Waals surface area contributed by atoms with Crippen LogP contribution in [0.1, 0.15) is 23.2 Å². The summed E-state index contributed by atoms with van der Waals surface area (Å²) < 4.78 is 59.8. The van der Waals surface area contributed by atoms with Crippen LogP contribution in [0.5, 0.6) is 5.75 Å². The molecule has 2 rings (SSSR count). The fourth-order valence-electron chi connectivity index (χ4n) is 2.24. The Bertz CT molecular complexity index is 533. The lowest BCUT2D eigenvalue weighted by Gasteiger charge is -2.23. The lowest BCUT2D eigenvalue weighted by Crippen LogP contribution is -2.36. The Labute approximate surface area is 130 Å². The van der Waals surface area contributed by atoms with Crippen molar-refractivity contribution in [3.63, 3.8) is 0 Å². The number of amides is 1. The van der Waals surface area contributed by atoms with E-state index in [1.54, 1.807) is 0 Å². The highest BCUT2D eigenvalue weighted by Gasteiger charge is 2.44. The lowest BCUT2D eigenvalue weighted by atomic mass is 10.0. The average Bonchev–Trinajstić information content (AvgIpc) is 2.53. The number of hydrogen-bond donors (Lipinski definition) is 1. The van der Waals surface area contributed by atoms with Gasteiger partial charge in [0.25, 0.3) is 5.91 Å². The zero-order chi connectivity index (χ0) is 16.9. The van der Waals surface area contributed by atoms with Gasteiger partial charge in [-0.05, 0) is 30.9 Å². The summed E-state index contributed by atoms with van der Waals surface area (Å²) in [6.07, 6.45) is -6.87. The number of para-hydroxylation sites is 1. The number of rotatable bonds is 6. The first-order valence-electron chi connectivity index (χ1n) is 7.20. The Morgan fingerprint density at radius 1 is 1.39 bits per heavy atom. The molecular formula is C15H17F4NO3. The summed E-state index contributed by atoms with van der Waals surface area (Å²) in [4.78, 5) is 12.1. The molecule has 1 N–H and O–H groups in total. The second-order valence-electron chi connectivity index (χ2n) is 5.25. The maximum atomic E-state index is 13.0. The summed E-state index contributed by atoms with van der Waals surface area (Å²) in [6, 6.07) is 5.05. The van der Waals surface area contributed by atoms with Crippen molar-refractivity contribution in [2.45, 2.75) is 25.4 Å². The average molecular weight is 335 g/mol. The molecule has 1 fully saturated rings. The topological polar surface area (TPSA) is 47.6 Å². The quantitative estimate of drug-likeness (QED) is 0.813. The monoisotopic (exact) mass is 335 g/mol. The van der Waals surface area contributed by atoms with E-state index >= 15 is 0 Å². The normalized spacial score (nSPS) is 18.7. The zero-order valence-corrected chi connectivity index (χ0v) is 12.2. The lowest BCUT2D eigenvalue weighted by molar-refractivity contribution is -0.253. The van der Waals surface area contributed by atoms with Gasteiger partial charge in [-0.25, -0.2) is 0 Å². The molecule has 23 heavy (non-hydrogen) atoms. The molecule has 1 amide bonds. The first-order chi connectivity index (χ1) is 10.9. The second kappa shape index (κ2) is 7.63. The minimum atomic E-state index is -4.66. The molecule has 0 aliphatic carbocycles. The van der Waals surface area contributed by atoms with Crippen LogP contribution in [0.2, 0.25) is 0 Å². The molecule has 0 radical (unpaired) electrons. The summed E-state index contributed by atoms with van der Waals surface area (Å²) in [5, 5.41) is 2.59. The molecule has 1 aliphatic heterocycles. The van der Waals surface area contributed by atoms with Crippen LogP contribution in [-0.4, -0.2) is 38.2 Å². The van der Waals surface area contributed by atoms with Crippen molar-refractivity contribution in [1.82, 2.24) is 5.32 Å². The van der Waals surface area contributed by atoms with Crippen molar-refractivity contribution >= 4 is 5.91 Å². The highest BCUT2D eigenvalue weighted by molar-refractivity contribution is 5.96. The Morgan fingerprint density at radius 3 is 2.78 bits per heavy atom. The van der Waals surface area contributed by atoms with Crippen LogP contribution in [0.25, 0.3) is 0 Å². The molecule has 0 bridgehead atoms.